The fourth-order valence-electron chi connectivity index (χ4n) is 4.21. The highest BCUT2D eigenvalue weighted by molar-refractivity contribution is 5.90. The van der Waals surface area contributed by atoms with E-state index in [1.807, 2.05) is 36.4 Å². The number of ether oxygens (including phenoxy) is 3. The van der Waals surface area contributed by atoms with Gasteiger partial charge < -0.3 is 19.5 Å². The summed E-state index contributed by atoms with van der Waals surface area (Å²) in [5.41, 5.74) is 6.03. The van der Waals surface area contributed by atoms with Crippen LogP contribution in [0.15, 0.2) is 72.8 Å². The lowest BCUT2D eigenvalue weighted by molar-refractivity contribution is 0.0600. The van der Waals surface area contributed by atoms with Crippen molar-refractivity contribution in [2.75, 3.05) is 27.4 Å². The van der Waals surface area contributed by atoms with Crippen LogP contribution in [0.3, 0.4) is 0 Å². The lowest BCUT2D eigenvalue weighted by Crippen LogP contribution is -2.26. The second-order valence-corrected chi connectivity index (χ2v) is 7.89. The molecule has 0 fully saturated rings. The standard InChI is InChI=1S/C28H27NO5/c1-32-26-17-20(27(30)33-2)15-14-19(26)9-7-8-16-29-28(31)34-18-25-23-12-5-3-10-21(23)22-11-4-6-13-24(22)25/h3-7,9-15,17,25H,8,16,18H2,1-2H3,(H,29,31). The summed E-state index contributed by atoms with van der Waals surface area (Å²) in [6.07, 6.45) is 4.00. The molecule has 6 heteroatoms. The zero-order chi connectivity index (χ0) is 23.9. The van der Waals surface area contributed by atoms with Crippen LogP contribution in [0.25, 0.3) is 17.2 Å². The molecular formula is C28H27NO5. The van der Waals surface area contributed by atoms with Gasteiger partial charge in [-0.2, -0.15) is 0 Å². The van der Waals surface area contributed by atoms with Crippen LogP contribution in [0.1, 0.15) is 39.4 Å². The Kier molecular flexibility index (Phi) is 7.28. The Morgan fingerprint density at radius 1 is 0.941 bits per heavy atom. The average Bonchev–Trinajstić information content (AvgIpc) is 3.20. The molecule has 0 unspecified atom stereocenters. The predicted octanol–water partition coefficient (Wildman–Crippen LogP) is 5.42. The van der Waals surface area contributed by atoms with Crippen LogP contribution in [0, 0.1) is 0 Å². The van der Waals surface area contributed by atoms with E-state index in [4.69, 9.17) is 14.2 Å². The van der Waals surface area contributed by atoms with Gasteiger partial charge in [0, 0.05) is 18.0 Å². The third-order valence-corrected chi connectivity index (χ3v) is 5.88. The molecule has 0 bridgehead atoms. The number of esters is 1. The van der Waals surface area contributed by atoms with Crippen molar-refractivity contribution in [3.05, 3.63) is 95.1 Å². The molecule has 3 aromatic rings. The van der Waals surface area contributed by atoms with Crippen LogP contribution < -0.4 is 10.1 Å². The normalized spacial score (nSPS) is 12.2. The van der Waals surface area contributed by atoms with Crippen molar-refractivity contribution in [3.63, 3.8) is 0 Å². The van der Waals surface area contributed by atoms with Gasteiger partial charge in [0.2, 0.25) is 0 Å². The van der Waals surface area contributed by atoms with Crippen molar-refractivity contribution in [1.29, 1.82) is 0 Å². The Balaban J connectivity index is 1.27. The topological polar surface area (TPSA) is 73.9 Å². The van der Waals surface area contributed by atoms with Crippen molar-refractivity contribution < 1.29 is 23.8 Å². The summed E-state index contributed by atoms with van der Waals surface area (Å²) in [5, 5.41) is 2.80. The van der Waals surface area contributed by atoms with Crippen molar-refractivity contribution in [2.24, 2.45) is 0 Å². The molecule has 174 valence electrons. The first-order valence-electron chi connectivity index (χ1n) is 11.1. The van der Waals surface area contributed by atoms with Crippen LogP contribution in [-0.2, 0) is 9.47 Å². The highest BCUT2D eigenvalue weighted by Gasteiger charge is 2.28. The molecule has 1 aliphatic carbocycles. The molecule has 0 aliphatic heterocycles. The second-order valence-electron chi connectivity index (χ2n) is 7.89. The van der Waals surface area contributed by atoms with E-state index < -0.39 is 12.1 Å². The fourth-order valence-corrected chi connectivity index (χ4v) is 4.21. The third-order valence-electron chi connectivity index (χ3n) is 5.88. The maximum Gasteiger partial charge on any atom is 0.407 e. The molecule has 34 heavy (non-hydrogen) atoms. The van der Waals surface area contributed by atoms with Gasteiger partial charge in [-0.3, -0.25) is 0 Å². The number of nitrogens with one attached hydrogen (secondary N) is 1. The van der Waals surface area contributed by atoms with Gasteiger partial charge in [-0.05, 0) is 40.8 Å². The first-order chi connectivity index (χ1) is 16.6. The van der Waals surface area contributed by atoms with E-state index in [1.165, 1.54) is 29.4 Å². The Morgan fingerprint density at radius 2 is 1.62 bits per heavy atom. The van der Waals surface area contributed by atoms with Crippen molar-refractivity contribution in [2.45, 2.75) is 12.3 Å². The minimum atomic E-state index is -0.435. The summed E-state index contributed by atoms with van der Waals surface area (Å²) in [6, 6.07) is 21.6. The van der Waals surface area contributed by atoms with Crippen LogP contribution in [0.4, 0.5) is 4.79 Å². The molecule has 0 atom stereocenters. The molecule has 1 N–H and O–H groups in total. The molecule has 4 rings (SSSR count). The van der Waals surface area contributed by atoms with Crippen molar-refractivity contribution in [1.82, 2.24) is 5.32 Å². The number of carbonyl (C=O) groups is 2. The number of amides is 1. The number of hydrogen-bond acceptors (Lipinski definition) is 5. The highest BCUT2D eigenvalue weighted by Crippen LogP contribution is 2.44. The van der Waals surface area contributed by atoms with E-state index in [-0.39, 0.29) is 5.92 Å². The maximum atomic E-state index is 12.3. The number of rotatable bonds is 8. The van der Waals surface area contributed by atoms with E-state index in [1.54, 1.807) is 25.3 Å². The first-order valence-corrected chi connectivity index (χ1v) is 11.1. The van der Waals surface area contributed by atoms with Crippen LogP contribution >= 0.6 is 0 Å². The predicted molar refractivity (Wildman–Crippen MR) is 131 cm³/mol. The summed E-state index contributed by atoms with van der Waals surface area (Å²) in [6.45, 7) is 0.731. The fraction of sp³-hybridized carbons (Fsp3) is 0.214. The quantitative estimate of drug-likeness (QED) is 0.361. The van der Waals surface area contributed by atoms with E-state index in [2.05, 4.69) is 29.6 Å². The van der Waals surface area contributed by atoms with Gasteiger partial charge in [0.15, 0.2) is 0 Å². The summed E-state index contributed by atoms with van der Waals surface area (Å²) in [5.74, 6) is 0.197. The Labute approximate surface area is 199 Å². The SMILES string of the molecule is COC(=O)c1ccc(C=CCCNC(=O)OCC2c3ccccc3-c3ccccc32)c(OC)c1. The summed E-state index contributed by atoms with van der Waals surface area (Å²) in [4.78, 5) is 23.9. The first kappa shape index (κ1) is 23.1. The van der Waals surface area contributed by atoms with E-state index in [0.29, 0.717) is 30.9 Å². The van der Waals surface area contributed by atoms with Gasteiger partial charge in [0.25, 0.3) is 0 Å². The lowest BCUT2D eigenvalue weighted by atomic mass is 9.98. The van der Waals surface area contributed by atoms with E-state index >= 15 is 0 Å². The molecule has 0 aromatic heterocycles. The largest absolute Gasteiger partial charge is 0.496 e. The minimum absolute atomic E-state index is 0.0403. The van der Waals surface area contributed by atoms with Crippen LogP contribution in [0.2, 0.25) is 0 Å². The van der Waals surface area contributed by atoms with Gasteiger partial charge >= 0.3 is 12.1 Å². The van der Waals surface area contributed by atoms with E-state index in [9.17, 15) is 9.59 Å². The number of carbonyl (C=O) groups excluding carboxylic acids is 2. The lowest BCUT2D eigenvalue weighted by Gasteiger charge is -2.14. The molecule has 0 saturated carbocycles. The van der Waals surface area contributed by atoms with Gasteiger partial charge in [-0.25, -0.2) is 9.59 Å². The number of hydrogen-bond donors (Lipinski definition) is 1. The van der Waals surface area contributed by atoms with Gasteiger partial charge in [0.05, 0.1) is 19.8 Å². The Hall–Kier alpha value is -4.06. The summed E-state index contributed by atoms with van der Waals surface area (Å²) in [7, 11) is 2.89. The zero-order valence-electron chi connectivity index (χ0n) is 19.2. The third kappa shape index (κ3) is 4.96. The number of methoxy groups -OCH3 is 2. The molecule has 1 amide bonds. The van der Waals surface area contributed by atoms with Crippen molar-refractivity contribution in [3.8, 4) is 16.9 Å². The molecule has 1 aliphatic rings. The van der Waals surface area contributed by atoms with Crippen molar-refractivity contribution >= 4 is 18.1 Å². The number of benzene rings is 3. The molecule has 0 radical (unpaired) electrons. The molecule has 6 nitrogen and oxygen atoms in total. The number of alkyl carbamates (subject to hydrolysis) is 1. The maximum absolute atomic E-state index is 12.3. The monoisotopic (exact) mass is 457 g/mol. The summed E-state index contributed by atoms with van der Waals surface area (Å²) < 4.78 is 15.6. The van der Waals surface area contributed by atoms with Gasteiger partial charge in [-0.1, -0.05) is 66.7 Å². The van der Waals surface area contributed by atoms with Gasteiger partial charge in [-0.15, -0.1) is 0 Å². The molecule has 3 aromatic carbocycles. The van der Waals surface area contributed by atoms with Crippen LogP contribution in [-0.4, -0.2) is 39.4 Å². The minimum Gasteiger partial charge on any atom is -0.496 e. The zero-order valence-corrected chi connectivity index (χ0v) is 19.2. The summed E-state index contributed by atoms with van der Waals surface area (Å²) >= 11 is 0. The Bertz CT molecular complexity index is 1170. The van der Waals surface area contributed by atoms with Gasteiger partial charge in [0.1, 0.15) is 12.4 Å². The average molecular weight is 458 g/mol. The van der Waals surface area contributed by atoms with E-state index in [0.717, 1.165) is 5.56 Å². The second kappa shape index (κ2) is 10.7. The Morgan fingerprint density at radius 3 is 2.26 bits per heavy atom. The molecule has 0 heterocycles. The smallest absolute Gasteiger partial charge is 0.407 e. The number of fused-ring (bicyclic) bond motifs is 3. The van der Waals surface area contributed by atoms with Crippen LogP contribution in [0.5, 0.6) is 5.75 Å². The molecule has 0 saturated heterocycles. The molecule has 0 spiro atoms. The molecular weight excluding hydrogens is 430 g/mol. The highest BCUT2D eigenvalue weighted by atomic mass is 16.5.